The van der Waals surface area contributed by atoms with E-state index in [1.54, 1.807) is 0 Å². The maximum Gasteiger partial charge on any atom is 0.00489 e. The molecule has 0 radical (unpaired) electrons. The monoisotopic (exact) mass is 212 g/mol. The van der Waals surface area contributed by atoms with Crippen LogP contribution in [0.3, 0.4) is 0 Å². The largest absolute Gasteiger partial charge is 0.121 e. The summed E-state index contributed by atoms with van der Waals surface area (Å²) in [4.78, 5) is 0. The Hall–Kier alpha value is -1.52. The summed E-state index contributed by atoms with van der Waals surface area (Å²) < 4.78 is 0. The molecule has 16 heavy (non-hydrogen) atoms. The molecule has 0 saturated carbocycles. The fourth-order valence-corrected chi connectivity index (χ4v) is 1.52. The first-order valence-corrected chi connectivity index (χ1v) is 5.88. The van der Waals surface area contributed by atoms with Gasteiger partial charge in [0.2, 0.25) is 0 Å². The van der Waals surface area contributed by atoms with Crippen molar-refractivity contribution in [3.05, 3.63) is 59.9 Å². The Labute approximate surface area is 99.0 Å². The van der Waals surface area contributed by atoms with Gasteiger partial charge in [0.25, 0.3) is 0 Å². The van der Waals surface area contributed by atoms with Crippen molar-refractivity contribution in [3.63, 3.8) is 0 Å². The van der Waals surface area contributed by atoms with Gasteiger partial charge in [0, 0.05) is 12.0 Å². The molecule has 0 N–H and O–H groups in total. The summed E-state index contributed by atoms with van der Waals surface area (Å²) >= 11 is 0. The fraction of sp³-hybridized carbons (Fsp3) is 0.312. The van der Waals surface area contributed by atoms with Gasteiger partial charge in [-0.05, 0) is 25.0 Å². The topological polar surface area (TPSA) is 0 Å². The van der Waals surface area contributed by atoms with Gasteiger partial charge in [0.05, 0.1) is 0 Å². The lowest BCUT2D eigenvalue weighted by Crippen LogP contribution is -1.83. The molecular weight excluding hydrogens is 192 g/mol. The zero-order valence-corrected chi connectivity index (χ0v) is 10.3. The van der Waals surface area contributed by atoms with E-state index in [4.69, 9.17) is 0 Å². The van der Waals surface area contributed by atoms with E-state index in [1.807, 2.05) is 6.07 Å². The third-order valence-electron chi connectivity index (χ3n) is 2.31. The van der Waals surface area contributed by atoms with E-state index in [-0.39, 0.29) is 0 Å². The molecule has 0 unspecified atom stereocenters. The van der Waals surface area contributed by atoms with Crippen LogP contribution in [0.1, 0.15) is 38.7 Å². The van der Waals surface area contributed by atoms with Crippen molar-refractivity contribution in [3.8, 4) is 0 Å². The Morgan fingerprint density at radius 1 is 1.31 bits per heavy atom. The molecule has 1 aromatic carbocycles. The van der Waals surface area contributed by atoms with Crippen LogP contribution < -0.4 is 0 Å². The number of hydrogen-bond donors (Lipinski definition) is 0. The molecule has 0 atom stereocenters. The summed E-state index contributed by atoms with van der Waals surface area (Å²) in [6.07, 6.45) is 5.30. The molecule has 0 heterocycles. The SMILES string of the molecule is C=C(C)CC(=C=CCCC)c1ccccc1. The zero-order chi connectivity index (χ0) is 11.8. The molecule has 0 aromatic heterocycles. The van der Waals surface area contributed by atoms with Crippen LogP contribution in [-0.4, -0.2) is 0 Å². The van der Waals surface area contributed by atoms with Crippen molar-refractivity contribution in [2.75, 3.05) is 0 Å². The van der Waals surface area contributed by atoms with Gasteiger partial charge < -0.3 is 0 Å². The van der Waals surface area contributed by atoms with Crippen LogP contribution in [-0.2, 0) is 0 Å². The van der Waals surface area contributed by atoms with E-state index >= 15 is 0 Å². The van der Waals surface area contributed by atoms with Gasteiger partial charge in [-0.15, -0.1) is 5.73 Å². The third kappa shape index (κ3) is 4.33. The zero-order valence-electron chi connectivity index (χ0n) is 10.3. The first-order chi connectivity index (χ1) is 7.74. The summed E-state index contributed by atoms with van der Waals surface area (Å²) in [6, 6.07) is 10.4. The van der Waals surface area contributed by atoms with Crippen LogP contribution in [0.5, 0.6) is 0 Å². The van der Waals surface area contributed by atoms with Crippen LogP contribution in [0.2, 0.25) is 0 Å². The quantitative estimate of drug-likeness (QED) is 0.476. The van der Waals surface area contributed by atoms with Gasteiger partial charge in [-0.3, -0.25) is 0 Å². The summed E-state index contributed by atoms with van der Waals surface area (Å²) in [7, 11) is 0. The van der Waals surface area contributed by atoms with E-state index in [1.165, 1.54) is 23.1 Å². The van der Waals surface area contributed by atoms with Gasteiger partial charge in [-0.2, -0.15) is 0 Å². The predicted molar refractivity (Wildman–Crippen MR) is 72.3 cm³/mol. The Kier molecular flexibility index (Phi) is 5.39. The molecule has 0 heteroatoms. The number of allylic oxidation sites excluding steroid dienone is 2. The highest BCUT2D eigenvalue weighted by atomic mass is 14.0. The van der Waals surface area contributed by atoms with Crippen LogP contribution >= 0.6 is 0 Å². The summed E-state index contributed by atoms with van der Waals surface area (Å²) in [5, 5.41) is 0. The molecule has 0 bridgehead atoms. The average Bonchev–Trinajstić information content (AvgIpc) is 2.29. The van der Waals surface area contributed by atoms with E-state index in [2.05, 4.69) is 56.5 Å². The Morgan fingerprint density at radius 2 is 2.00 bits per heavy atom. The van der Waals surface area contributed by atoms with Gasteiger partial charge in [-0.1, -0.05) is 55.8 Å². The van der Waals surface area contributed by atoms with E-state index in [0.717, 1.165) is 12.8 Å². The van der Waals surface area contributed by atoms with Crippen molar-refractivity contribution in [1.29, 1.82) is 0 Å². The molecule has 0 aliphatic heterocycles. The van der Waals surface area contributed by atoms with E-state index < -0.39 is 0 Å². The maximum absolute atomic E-state index is 3.97. The molecule has 1 aromatic rings. The molecular formula is C16H20. The van der Waals surface area contributed by atoms with Gasteiger partial charge in [-0.25, -0.2) is 0 Å². The molecule has 0 spiro atoms. The van der Waals surface area contributed by atoms with E-state index in [0.29, 0.717) is 0 Å². The molecule has 0 fully saturated rings. The summed E-state index contributed by atoms with van der Waals surface area (Å²) in [5.74, 6) is 0. The number of benzene rings is 1. The van der Waals surface area contributed by atoms with Gasteiger partial charge in [0.15, 0.2) is 0 Å². The lowest BCUT2D eigenvalue weighted by molar-refractivity contribution is 0.960. The highest BCUT2D eigenvalue weighted by Crippen LogP contribution is 2.20. The Balaban J connectivity index is 2.96. The van der Waals surface area contributed by atoms with Crippen LogP contribution in [0.4, 0.5) is 0 Å². The van der Waals surface area contributed by atoms with Gasteiger partial charge in [0.1, 0.15) is 0 Å². The molecule has 0 aliphatic rings. The van der Waals surface area contributed by atoms with Crippen LogP contribution in [0.25, 0.3) is 5.57 Å². The van der Waals surface area contributed by atoms with Crippen molar-refractivity contribution < 1.29 is 0 Å². The first kappa shape index (κ1) is 12.5. The number of unbranched alkanes of at least 4 members (excludes halogenated alkanes) is 1. The molecule has 1 rings (SSSR count). The average molecular weight is 212 g/mol. The predicted octanol–water partition coefficient (Wildman–Crippen LogP) is 4.99. The minimum absolute atomic E-state index is 0.907. The summed E-state index contributed by atoms with van der Waals surface area (Å²) in [5.41, 5.74) is 7.06. The molecule has 0 saturated heterocycles. The Morgan fingerprint density at radius 3 is 2.56 bits per heavy atom. The third-order valence-corrected chi connectivity index (χ3v) is 2.31. The second-order valence-corrected chi connectivity index (χ2v) is 4.12. The highest BCUT2D eigenvalue weighted by Gasteiger charge is 1.99. The second kappa shape index (κ2) is 6.87. The minimum atomic E-state index is 0.907. The van der Waals surface area contributed by atoms with Crippen molar-refractivity contribution >= 4 is 5.57 Å². The van der Waals surface area contributed by atoms with Gasteiger partial charge >= 0.3 is 0 Å². The van der Waals surface area contributed by atoms with Crippen LogP contribution in [0, 0.1) is 0 Å². The smallest absolute Gasteiger partial charge is 0.00489 e. The molecule has 0 aliphatic carbocycles. The van der Waals surface area contributed by atoms with Crippen molar-refractivity contribution in [2.45, 2.75) is 33.1 Å². The number of rotatable bonds is 5. The van der Waals surface area contributed by atoms with Crippen LogP contribution in [0.15, 0.2) is 54.3 Å². The Bertz CT molecular complexity index is 389. The maximum atomic E-state index is 3.97. The number of hydrogen-bond acceptors (Lipinski definition) is 0. The van der Waals surface area contributed by atoms with Crippen molar-refractivity contribution in [1.82, 2.24) is 0 Å². The minimum Gasteiger partial charge on any atom is -0.121 e. The van der Waals surface area contributed by atoms with E-state index in [9.17, 15) is 0 Å². The summed E-state index contributed by atoms with van der Waals surface area (Å²) in [6.45, 7) is 8.21. The molecule has 0 nitrogen and oxygen atoms in total. The standard InChI is InChI=1S/C16H20/c1-4-5-7-12-16(13-14(2)3)15-10-8-6-9-11-15/h6-11H,2,4-5,13H2,1,3H3. The lowest BCUT2D eigenvalue weighted by Gasteiger charge is -2.04. The molecule has 84 valence electrons. The fourth-order valence-electron chi connectivity index (χ4n) is 1.52. The highest BCUT2D eigenvalue weighted by molar-refractivity contribution is 5.66. The normalized spacial score (nSPS) is 9.38. The second-order valence-electron chi connectivity index (χ2n) is 4.12. The molecule has 0 amide bonds. The van der Waals surface area contributed by atoms with Crippen molar-refractivity contribution in [2.24, 2.45) is 0 Å². The first-order valence-electron chi connectivity index (χ1n) is 5.88. The lowest BCUT2D eigenvalue weighted by atomic mass is 10.0.